The van der Waals surface area contributed by atoms with E-state index in [4.69, 9.17) is 4.74 Å². The minimum Gasteiger partial charge on any atom is -0.496 e. The van der Waals surface area contributed by atoms with Crippen LogP contribution < -0.4 is 4.74 Å². The van der Waals surface area contributed by atoms with Gasteiger partial charge in [0, 0.05) is 11.8 Å². The van der Waals surface area contributed by atoms with E-state index in [2.05, 4.69) is 4.98 Å². The van der Waals surface area contributed by atoms with Gasteiger partial charge in [-0.05, 0) is 36.8 Å². The summed E-state index contributed by atoms with van der Waals surface area (Å²) in [6.45, 7) is 1.93. The van der Waals surface area contributed by atoms with E-state index < -0.39 is 5.97 Å². The number of hydrogen-bond acceptors (Lipinski definition) is 3. The number of hydrogen-bond donors (Lipinski definition) is 1. The zero-order valence-electron chi connectivity index (χ0n) is 11.3. The Balaban J connectivity index is 2.61. The van der Waals surface area contributed by atoms with E-state index in [0.29, 0.717) is 17.0 Å². The number of pyridine rings is 1. The highest BCUT2D eigenvalue weighted by molar-refractivity contribution is 5.95. The Bertz CT molecular complexity index is 663. The maximum absolute atomic E-state index is 11.3. The number of aromatic carboxylic acids is 1. The molecule has 4 heteroatoms. The summed E-state index contributed by atoms with van der Waals surface area (Å²) in [6, 6.07) is 8.72. The molecule has 0 bridgehead atoms. The highest BCUT2D eigenvalue weighted by Crippen LogP contribution is 2.32. The van der Waals surface area contributed by atoms with Crippen molar-refractivity contribution in [1.29, 1.82) is 0 Å². The van der Waals surface area contributed by atoms with Crippen molar-refractivity contribution in [2.24, 2.45) is 0 Å². The standard InChI is InChI=1S/C16H15NO3/c1-3-5-11-7-8-12(14(10-11)20-2)15-13(16(18)19)6-4-9-17-15/h3-10H,1-2H3,(H,18,19). The third kappa shape index (κ3) is 2.69. The Labute approximate surface area is 117 Å². The number of carboxylic acid groups (broad SMARTS) is 1. The first-order valence-corrected chi connectivity index (χ1v) is 6.16. The van der Waals surface area contributed by atoms with Crippen LogP contribution in [0.4, 0.5) is 0 Å². The second-order valence-electron chi connectivity index (χ2n) is 4.16. The molecule has 0 saturated heterocycles. The number of carboxylic acids is 1. The normalized spacial score (nSPS) is 10.7. The maximum atomic E-state index is 11.3. The second-order valence-corrected chi connectivity index (χ2v) is 4.16. The van der Waals surface area contributed by atoms with E-state index in [0.717, 1.165) is 5.56 Å². The number of aromatic nitrogens is 1. The van der Waals surface area contributed by atoms with Crippen molar-refractivity contribution >= 4 is 12.0 Å². The molecule has 0 aliphatic carbocycles. The van der Waals surface area contributed by atoms with Crippen molar-refractivity contribution in [3.05, 3.63) is 53.7 Å². The summed E-state index contributed by atoms with van der Waals surface area (Å²) in [6.07, 6.45) is 5.45. The molecule has 2 aromatic rings. The molecule has 0 spiro atoms. The summed E-state index contributed by atoms with van der Waals surface area (Å²) in [5.41, 5.74) is 2.22. The molecule has 1 aromatic carbocycles. The van der Waals surface area contributed by atoms with Crippen molar-refractivity contribution in [1.82, 2.24) is 4.98 Å². The van der Waals surface area contributed by atoms with E-state index in [9.17, 15) is 9.90 Å². The van der Waals surface area contributed by atoms with Crippen LogP contribution in [-0.4, -0.2) is 23.2 Å². The zero-order chi connectivity index (χ0) is 14.5. The largest absolute Gasteiger partial charge is 0.496 e. The molecule has 20 heavy (non-hydrogen) atoms. The molecular weight excluding hydrogens is 254 g/mol. The third-order valence-electron chi connectivity index (χ3n) is 2.88. The molecule has 4 nitrogen and oxygen atoms in total. The molecule has 0 aliphatic heterocycles. The zero-order valence-corrected chi connectivity index (χ0v) is 11.3. The van der Waals surface area contributed by atoms with Crippen LogP contribution in [0.1, 0.15) is 22.8 Å². The average molecular weight is 269 g/mol. The fraction of sp³-hybridized carbons (Fsp3) is 0.125. The van der Waals surface area contributed by atoms with Gasteiger partial charge in [0.05, 0.1) is 18.4 Å². The number of methoxy groups -OCH3 is 1. The first kappa shape index (κ1) is 13.8. The molecule has 0 fully saturated rings. The van der Waals surface area contributed by atoms with Crippen LogP contribution in [0.5, 0.6) is 5.75 Å². The summed E-state index contributed by atoms with van der Waals surface area (Å²) < 4.78 is 5.35. The SMILES string of the molecule is CC=Cc1ccc(-c2ncccc2C(=O)O)c(OC)c1. The van der Waals surface area contributed by atoms with Gasteiger partial charge in [0.25, 0.3) is 0 Å². The van der Waals surface area contributed by atoms with Gasteiger partial charge in [-0.1, -0.05) is 18.2 Å². The van der Waals surface area contributed by atoms with Crippen LogP contribution >= 0.6 is 0 Å². The lowest BCUT2D eigenvalue weighted by molar-refractivity contribution is 0.0697. The predicted octanol–water partition coefficient (Wildman–Crippen LogP) is 3.49. The minimum absolute atomic E-state index is 0.157. The number of nitrogens with zero attached hydrogens (tertiary/aromatic N) is 1. The minimum atomic E-state index is -1.01. The highest BCUT2D eigenvalue weighted by Gasteiger charge is 2.16. The summed E-state index contributed by atoms with van der Waals surface area (Å²) in [5, 5.41) is 9.24. The molecule has 0 unspecified atom stereocenters. The monoisotopic (exact) mass is 269 g/mol. The van der Waals surface area contributed by atoms with Gasteiger partial charge < -0.3 is 9.84 Å². The summed E-state index contributed by atoms with van der Waals surface area (Å²) >= 11 is 0. The average Bonchev–Trinajstić information content (AvgIpc) is 2.47. The van der Waals surface area contributed by atoms with Crippen LogP contribution in [-0.2, 0) is 0 Å². The molecule has 2 rings (SSSR count). The van der Waals surface area contributed by atoms with Crippen molar-refractivity contribution in [3.63, 3.8) is 0 Å². The van der Waals surface area contributed by atoms with E-state index >= 15 is 0 Å². The third-order valence-corrected chi connectivity index (χ3v) is 2.88. The molecule has 0 radical (unpaired) electrons. The van der Waals surface area contributed by atoms with Gasteiger partial charge in [-0.3, -0.25) is 4.98 Å². The van der Waals surface area contributed by atoms with E-state index in [1.54, 1.807) is 19.4 Å². The fourth-order valence-corrected chi connectivity index (χ4v) is 1.99. The molecule has 1 N–H and O–H groups in total. The Kier molecular flexibility index (Phi) is 4.15. The molecule has 1 heterocycles. The van der Waals surface area contributed by atoms with E-state index in [-0.39, 0.29) is 5.56 Å². The predicted molar refractivity (Wildman–Crippen MR) is 77.9 cm³/mol. The van der Waals surface area contributed by atoms with Crippen LogP contribution in [0.3, 0.4) is 0 Å². The number of carbonyl (C=O) groups is 1. The van der Waals surface area contributed by atoms with Crippen molar-refractivity contribution in [2.45, 2.75) is 6.92 Å². The van der Waals surface area contributed by atoms with Gasteiger partial charge in [-0.15, -0.1) is 0 Å². The van der Waals surface area contributed by atoms with Gasteiger partial charge in [0.1, 0.15) is 5.75 Å². The first-order chi connectivity index (χ1) is 9.67. The van der Waals surface area contributed by atoms with Crippen LogP contribution in [0.25, 0.3) is 17.3 Å². The van der Waals surface area contributed by atoms with Crippen LogP contribution in [0, 0.1) is 0 Å². The van der Waals surface area contributed by atoms with Crippen molar-refractivity contribution in [2.75, 3.05) is 7.11 Å². The van der Waals surface area contributed by atoms with E-state index in [1.807, 2.05) is 37.3 Å². The molecule has 102 valence electrons. The number of allylic oxidation sites excluding steroid dienone is 1. The lowest BCUT2D eigenvalue weighted by atomic mass is 10.0. The van der Waals surface area contributed by atoms with Crippen LogP contribution in [0.15, 0.2) is 42.6 Å². The number of rotatable bonds is 4. The Morgan fingerprint density at radius 1 is 1.35 bits per heavy atom. The molecule has 0 amide bonds. The fourth-order valence-electron chi connectivity index (χ4n) is 1.99. The maximum Gasteiger partial charge on any atom is 0.337 e. The lowest BCUT2D eigenvalue weighted by Crippen LogP contribution is -2.02. The molecule has 0 saturated carbocycles. The Morgan fingerprint density at radius 3 is 2.80 bits per heavy atom. The van der Waals surface area contributed by atoms with Crippen molar-refractivity contribution < 1.29 is 14.6 Å². The lowest BCUT2D eigenvalue weighted by Gasteiger charge is -2.11. The molecule has 0 aliphatic rings. The van der Waals surface area contributed by atoms with Gasteiger partial charge >= 0.3 is 5.97 Å². The Morgan fingerprint density at radius 2 is 2.15 bits per heavy atom. The molecule has 1 aromatic heterocycles. The van der Waals surface area contributed by atoms with Crippen LogP contribution in [0.2, 0.25) is 0 Å². The summed E-state index contributed by atoms with van der Waals surface area (Å²) in [7, 11) is 1.56. The number of benzene rings is 1. The van der Waals surface area contributed by atoms with Gasteiger partial charge in [0.15, 0.2) is 0 Å². The van der Waals surface area contributed by atoms with Gasteiger partial charge in [0.2, 0.25) is 0 Å². The summed E-state index contributed by atoms with van der Waals surface area (Å²) in [4.78, 5) is 15.4. The number of ether oxygens (including phenoxy) is 1. The molecular formula is C16H15NO3. The first-order valence-electron chi connectivity index (χ1n) is 6.16. The topological polar surface area (TPSA) is 59.4 Å². The van der Waals surface area contributed by atoms with Gasteiger partial charge in [-0.2, -0.15) is 0 Å². The van der Waals surface area contributed by atoms with Crippen molar-refractivity contribution in [3.8, 4) is 17.0 Å². The van der Waals surface area contributed by atoms with E-state index in [1.165, 1.54) is 6.07 Å². The smallest absolute Gasteiger partial charge is 0.337 e. The molecule has 0 atom stereocenters. The second kappa shape index (κ2) is 6.02. The summed E-state index contributed by atoms with van der Waals surface area (Å²) in [5.74, 6) is -0.408. The van der Waals surface area contributed by atoms with Gasteiger partial charge in [-0.25, -0.2) is 4.79 Å². The Hall–Kier alpha value is -2.62. The highest BCUT2D eigenvalue weighted by atomic mass is 16.5. The quantitative estimate of drug-likeness (QED) is 0.923.